The van der Waals surface area contributed by atoms with Gasteiger partial charge in [-0.2, -0.15) is 0 Å². The van der Waals surface area contributed by atoms with Crippen LogP contribution in [0, 0.1) is 0 Å². The van der Waals surface area contributed by atoms with Crippen LogP contribution in [0.15, 0.2) is 15.7 Å². The zero-order valence-electron chi connectivity index (χ0n) is 11.8. The highest BCUT2D eigenvalue weighted by Crippen LogP contribution is 2.20. The number of anilines is 1. The summed E-state index contributed by atoms with van der Waals surface area (Å²) < 4.78 is 9.94. The molecule has 0 aliphatic heterocycles. The molecule has 114 valence electrons. The number of nitrogens with zero attached hydrogens (tertiary/aromatic N) is 1. The zero-order valence-corrected chi connectivity index (χ0v) is 11.8. The number of methoxy groups -OCH3 is 2. The van der Waals surface area contributed by atoms with Gasteiger partial charge in [0.25, 0.3) is 5.56 Å². The molecule has 0 saturated heterocycles. The first-order valence-corrected chi connectivity index (χ1v) is 5.76. The Morgan fingerprint density at radius 1 is 1.29 bits per heavy atom. The lowest BCUT2D eigenvalue weighted by molar-refractivity contribution is -0.139. The smallest absolute Gasteiger partial charge is 0.330 e. The molecule has 0 atom stereocenters. The van der Waals surface area contributed by atoms with Crippen molar-refractivity contribution >= 4 is 23.3 Å². The first-order valence-electron chi connectivity index (χ1n) is 5.76. The van der Waals surface area contributed by atoms with Crippen molar-refractivity contribution in [1.29, 1.82) is 0 Å². The molecule has 0 spiro atoms. The SMILES string of the molecule is COC(=O)/C=C(\CC(=O)OC)c1c(N)n(C)c(=O)[nH]c1=O. The Labute approximate surface area is 119 Å². The predicted octanol–water partition coefficient (Wildman–Crippen LogP) is -1.22. The van der Waals surface area contributed by atoms with E-state index in [2.05, 4.69) is 9.47 Å². The molecule has 1 heterocycles. The van der Waals surface area contributed by atoms with Crippen LogP contribution in [0.2, 0.25) is 0 Å². The second-order valence-corrected chi connectivity index (χ2v) is 4.02. The largest absolute Gasteiger partial charge is 0.469 e. The topological polar surface area (TPSA) is 133 Å². The van der Waals surface area contributed by atoms with Crippen LogP contribution in [0.5, 0.6) is 0 Å². The summed E-state index contributed by atoms with van der Waals surface area (Å²) in [6.45, 7) is 0. The minimum absolute atomic E-state index is 0.0111. The molecular weight excluding hydrogens is 282 g/mol. The molecule has 21 heavy (non-hydrogen) atoms. The van der Waals surface area contributed by atoms with E-state index in [9.17, 15) is 19.2 Å². The summed E-state index contributed by atoms with van der Waals surface area (Å²) in [5.74, 6) is -1.64. The molecule has 9 nitrogen and oxygen atoms in total. The van der Waals surface area contributed by atoms with Gasteiger partial charge in [-0.1, -0.05) is 0 Å². The fraction of sp³-hybridized carbons (Fsp3) is 0.333. The number of rotatable bonds is 4. The lowest BCUT2D eigenvalue weighted by Gasteiger charge is -2.11. The second kappa shape index (κ2) is 6.55. The molecule has 0 saturated carbocycles. The van der Waals surface area contributed by atoms with E-state index < -0.39 is 23.2 Å². The third-order valence-electron chi connectivity index (χ3n) is 2.75. The minimum atomic E-state index is -0.811. The number of ether oxygens (including phenoxy) is 2. The summed E-state index contributed by atoms with van der Waals surface area (Å²) in [7, 11) is 3.64. The van der Waals surface area contributed by atoms with Crippen molar-refractivity contribution in [3.05, 3.63) is 32.5 Å². The maximum atomic E-state index is 11.9. The van der Waals surface area contributed by atoms with E-state index in [1.165, 1.54) is 7.05 Å². The number of H-pyrrole nitrogens is 1. The molecule has 0 radical (unpaired) electrons. The van der Waals surface area contributed by atoms with Crippen LogP contribution in [0.3, 0.4) is 0 Å². The Morgan fingerprint density at radius 2 is 1.90 bits per heavy atom. The van der Waals surface area contributed by atoms with Crippen molar-refractivity contribution in [1.82, 2.24) is 9.55 Å². The van der Waals surface area contributed by atoms with Crippen molar-refractivity contribution < 1.29 is 19.1 Å². The van der Waals surface area contributed by atoms with Crippen LogP contribution >= 0.6 is 0 Å². The van der Waals surface area contributed by atoms with E-state index in [-0.39, 0.29) is 23.4 Å². The lowest BCUT2D eigenvalue weighted by atomic mass is 10.0. The number of nitrogen functional groups attached to an aromatic ring is 1. The fourth-order valence-electron chi connectivity index (χ4n) is 1.59. The highest BCUT2D eigenvalue weighted by atomic mass is 16.5. The molecule has 0 fully saturated rings. The number of hydrogen-bond acceptors (Lipinski definition) is 7. The molecular formula is C12H15N3O6. The molecule has 0 aliphatic carbocycles. The third-order valence-corrected chi connectivity index (χ3v) is 2.75. The van der Waals surface area contributed by atoms with E-state index in [4.69, 9.17) is 5.73 Å². The Hall–Kier alpha value is -2.84. The Balaban J connectivity index is 3.54. The van der Waals surface area contributed by atoms with Gasteiger partial charge < -0.3 is 15.2 Å². The average Bonchev–Trinajstić information content (AvgIpc) is 2.44. The van der Waals surface area contributed by atoms with Crippen molar-refractivity contribution in [2.24, 2.45) is 7.05 Å². The summed E-state index contributed by atoms with van der Waals surface area (Å²) >= 11 is 0. The number of esters is 2. The second-order valence-electron chi connectivity index (χ2n) is 4.02. The average molecular weight is 297 g/mol. The molecule has 0 unspecified atom stereocenters. The van der Waals surface area contributed by atoms with E-state index >= 15 is 0 Å². The van der Waals surface area contributed by atoms with E-state index in [0.29, 0.717) is 0 Å². The minimum Gasteiger partial charge on any atom is -0.469 e. The molecule has 0 bridgehead atoms. The summed E-state index contributed by atoms with van der Waals surface area (Å²) in [6.07, 6.45) is 0.569. The van der Waals surface area contributed by atoms with Gasteiger partial charge in [0.15, 0.2) is 0 Å². The quantitative estimate of drug-likeness (QED) is 0.525. The molecule has 1 rings (SSSR count). The van der Waals surface area contributed by atoms with Crippen LogP contribution in [0.4, 0.5) is 5.82 Å². The predicted molar refractivity (Wildman–Crippen MR) is 73.3 cm³/mol. The van der Waals surface area contributed by atoms with Gasteiger partial charge in [0.1, 0.15) is 5.82 Å². The number of hydrogen-bond donors (Lipinski definition) is 2. The highest BCUT2D eigenvalue weighted by molar-refractivity contribution is 5.97. The summed E-state index contributed by atoms with van der Waals surface area (Å²) in [5, 5.41) is 0. The summed E-state index contributed by atoms with van der Waals surface area (Å²) in [4.78, 5) is 48.1. The number of aromatic amines is 1. The molecule has 0 aromatic carbocycles. The maximum absolute atomic E-state index is 11.9. The standard InChI is InChI=1S/C12H15N3O6/c1-15-10(13)9(11(18)14-12(15)19)6(4-7(16)20-2)5-8(17)21-3/h4H,5,13H2,1-3H3,(H,14,18,19)/b6-4+. The molecule has 3 N–H and O–H groups in total. The Bertz CT molecular complexity index is 713. The van der Waals surface area contributed by atoms with Crippen LogP contribution in [-0.4, -0.2) is 35.7 Å². The summed E-state index contributed by atoms with van der Waals surface area (Å²) in [5.41, 5.74) is 4.03. The van der Waals surface area contributed by atoms with Gasteiger partial charge in [-0.15, -0.1) is 0 Å². The van der Waals surface area contributed by atoms with Gasteiger partial charge in [-0.3, -0.25) is 19.1 Å². The third kappa shape index (κ3) is 3.59. The van der Waals surface area contributed by atoms with Crippen molar-refractivity contribution in [3.8, 4) is 0 Å². The fourth-order valence-corrected chi connectivity index (χ4v) is 1.59. The van der Waals surface area contributed by atoms with Crippen LogP contribution < -0.4 is 17.0 Å². The molecule has 1 aromatic rings. The first-order chi connectivity index (χ1) is 9.81. The van der Waals surface area contributed by atoms with Gasteiger partial charge in [0.05, 0.1) is 26.2 Å². The first kappa shape index (κ1) is 16.2. The van der Waals surface area contributed by atoms with Gasteiger partial charge in [-0.25, -0.2) is 9.59 Å². The Morgan fingerprint density at radius 3 is 2.43 bits per heavy atom. The summed E-state index contributed by atoms with van der Waals surface area (Å²) in [6, 6.07) is 0. The van der Waals surface area contributed by atoms with Gasteiger partial charge in [0.2, 0.25) is 0 Å². The molecule has 9 heteroatoms. The van der Waals surface area contributed by atoms with E-state index in [0.717, 1.165) is 24.9 Å². The number of nitrogens with one attached hydrogen (secondary N) is 1. The number of carbonyl (C=O) groups is 2. The molecule has 1 aromatic heterocycles. The normalized spacial score (nSPS) is 11.1. The molecule has 0 aliphatic rings. The van der Waals surface area contributed by atoms with Crippen LogP contribution in [-0.2, 0) is 26.1 Å². The maximum Gasteiger partial charge on any atom is 0.330 e. The van der Waals surface area contributed by atoms with E-state index in [1.54, 1.807) is 0 Å². The zero-order chi connectivity index (χ0) is 16.2. The van der Waals surface area contributed by atoms with Crippen molar-refractivity contribution in [2.75, 3.05) is 20.0 Å². The molecule has 0 amide bonds. The van der Waals surface area contributed by atoms with Crippen LogP contribution in [0.1, 0.15) is 12.0 Å². The van der Waals surface area contributed by atoms with Gasteiger partial charge >= 0.3 is 17.6 Å². The van der Waals surface area contributed by atoms with Gasteiger partial charge in [0, 0.05) is 13.1 Å². The van der Waals surface area contributed by atoms with Gasteiger partial charge in [-0.05, 0) is 5.57 Å². The van der Waals surface area contributed by atoms with Crippen molar-refractivity contribution in [2.45, 2.75) is 6.42 Å². The van der Waals surface area contributed by atoms with E-state index in [1.807, 2.05) is 4.98 Å². The van der Waals surface area contributed by atoms with Crippen molar-refractivity contribution in [3.63, 3.8) is 0 Å². The number of nitrogens with two attached hydrogens (primary N) is 1. The number of aromatic nitrogens is 2. The number of carbonyl (C=O) groups excluding carboxylic acids is 2. The highest BCUT2D eigenvalue weighted by Gasteiger charge is 2.19. The Kier molecular flexibility index (Phi) is 5.06. The van der Waals surface area contributed by atoms with Crippen LogP contribution in [0.25, 0.3) is 5.57 Å². The lowest BCUT2D eigenvalue weighted by Crippen LogP contribution is -2.33. The monoisotopic (exact) mass is 297 g/mol.